The first-order chi connectivity index (χ1) is 11.2. The van der Waals surface area contributed by atoms with Gasteiger partial charge in [0.1, 0.15) is 0 Å². The average molecular weight is 317 g/mol. The van der Waals surface area contributed by atoms with E-state index in [1.54, 1.807) is 0 Å². The third-order valence-corrected chi connectivity index (χ3v) is 3.57. The molecule has 23 heavy (non-hydrogen) atoms. The van der Waals surface area contributed by atoms with Crippen molar-refractivity contribution < 1.29 is 0 Å². The molecular weight excluding hydrogens is 286 g/mol. The van der Waals surface area contributed by atoms with Crippen molar-refractivity contribution in [3.8, 4) is 0 Å². The van der Waals surface area contributed by atoms with Gasteiger partial charge in [0.2, 0.25) is 11.9 Å². The zero-order chi connectivity index (χ0) is 16.8. The average Bonchev–Trinajstić information content (AvgIpc) is 2.54. The molecule has 1 aromatic carbocycles. The van der Waals surface area contributed by atoms with Crippen molar-refractivity contribution in [3.05, 3.63) is 30.3 Å². The lowest BCUT2D eigenvalue weighted by Gasteiger charge is -2.04. The van der Waals surface area contributed by atoms with E-state index in [1.165, 1.54) is 44.9 Å². The Kier molecular flexibility index (Phi) is 10.3. The molecule has 0 radical (unpaired) electrons. The van der Waals surface area contributed by atoms with Gasteiger partial charge < -0.3 is 16.8 Å². The summed E-state index contributed by atoms with van der Waals surface area (Å²) in [5.74, 6) is 0.488. The van der Waals surface area contributed by atoms with Gasteiger partial charge in [-0.1, -0.05) is 70.1 Å². The number of nitrogens with two attached hydrogens (primary N) is 2. The maximum absolute atomic E-state index is 5.79. The summed E-state index contributed by atoms with van der Waals surface area (Å²) in [6, 6.07) is 9.62. The molecule has 0 saturated heterocycles. The van der Waals surface area contributed by atoms with Crippen LogP contribution >= 0.6 is 0 Å². The SMILES string of the molecule is CCCCCCCCCCN=C(N)/N=C(\N)Nc1ccccc1. The number of benzene rings is 1. The van der Waals surface area contributed by atoms with Crippen LogP contribution in [0, 0.1) is 0 Å². The highest BCUT2D eigenvalue weighted by Gasteiger charge is 1.96. The van der Waals surface area contributed by atoms with Crippen molar-refractivity contribution in [1.82, 2.24) is 0 Å². The van der Waals surface area contributed by atoms with Crippen molar-refractivity contribution in [2.75, 3.05) is 11.9 Å². The summed E-state index contributed by atoms with van der Waals surface area (Å²) in [5, 5.41) is 2.97. The maximum Gasteiger partial charge on any atom is 0.218 e. The van der Waals surface area contributed by atoms with E-state index in [0.29, 0.717) is 6.54 Å². The standard InChI is InChI=1S/C18H31N5/c1-2-3-4-5-6-7-8-12-15-21-17(19)23-18(20)22-16-13-10-9-11-14-16/h9-11,13-14H,2-8,12,15H2,1H3,(H5,19,20,21,22,23). The molecule has 1 rings (SSSR count). The third kappa shape index (κ3) is 10.3. The van der Waals surface area contributed by atoms with Crippen LogP contribution < -0.4 is 16.8 Å². The fourth-order valence-electron chi connectivity index (χ4n) is 2.30. The predicted octanol–water partition coefficient (Wildman–Crippen LogP) is 3.87. The van der Waals surface area contributed by atoms with Crippen molar-refractivity contribution >= 4 is 17.6 Å². The summed E-state index contributed by atoms with van der Waals surface area (Å²) in [4.78, 5) is 8.29. The van der Waals surface area contributed by atoms with Gasteiger partial charge in [-0.15, -0.1) is 0 Å². The number of nitrogens with zero attached hydrogens (tertiary/aromatic N) is 2. The fourth-order valence-corrected chi connectivity index (χ4v) is 2.30. The van der Waals surface area contributed by atoms with Crippen LogP contribution in [0.25, 0.3) is 0 Å². The van der Waals surface area contributed by atoms with E-state index in [1.807, 2.05) is 30.3 Å². The van der Waals surface area contributed by atoms with E-state index in [4.69, 9.17) is 11.5 Å². The summed E-state index contributed by atoms with van der Waals surface area (Å²) in [6.45, 7) is 2.95. The minimum atomic E-state index is 0.230. The normalized spacial score (nSPS) is 12.4. The number of anilines is 1. The number of guanidine groups is 2. The first-order valence-electron chi connectivity index (χ1n) is 8.68. The molecule has 1 aromatic rings. The minimum Gasteiger partial charge on any atom is -0.369 e. The summed E-state index contributed by atoms with van der Waals surface area (Å²) < 4.78 is 0. The Morgan fingerprint density at radius 2 is 1.52 bits per heavy atom. The van der Waals surface area contributed by atoms with Gasteiger partial charge >= 0.3 is 0 Å². The van der Waals surface area contributed by atoms with Crippen LogP contribution in [0.3, 0.4) is 0 Å². The van der Waals surface area contributed by atoms with Crippen molar-refractivity contribution in [1.29, 1.82) is 0 Å². The Labute approximate surface area is 140 Å². The molecule has 0 aliphatic heterocycles. The third-order valence-electron chi connectivity index (χ3n) is 3.57. The lowest BCUT2D eigenvalue weighted by molar-refractivity contribution is 0.578. The van der Waals surface area contributed by atoms with E-state index in [2.05, 4.69) is 22.2 Å². The molecule has 5 heteroatoms. The van der Waals surface area contributed by atoms with E-state index in [-0.39, 0.29) is 11.9 Å². The highest BCUT2D eigenvalue weighted by atomic mass is 15.2. The molecule has 0 aromatic heterocycles. The van der Waals surface area contributed by atoms with Gasteiger partial charge in [0, 0.05) is 12.2 Å². The molecule has 0 aliphatic rings. The predicted molar refractivity (Wildman–Crippen MR) is 101 cm³/mol. The van der Waals surface area contributed by atoms with Gasteiger partial charge in [-0.05, 0) is 18.6 Å². The highest BCUT2D eigenvalue weighted by Crippen LogP contribution is 2.08. The maximum atomic E-state index is 5.79. The van der Waals surface area contributed by atoms with Crippen LogP contribution in [0.4, 0.5) is 5.69 Å². The second-order valence-corrected chi connectivity index (χ2v) is 5.70. The molecule has 0 amide bonds. The number of unbranched alkanes of at least 4 members (excludes halogenated alkanes) is 7. The molecule has 128 valence electrons. The zero-order valence-corrected chi connectivity index (χ0v) is 14.3. The van der Waals surface area contributed by atoms with Crippen molar-refractivity contribution in [2.45, 2.75) is 58.3 Å². The molecule has 5 N–H and O–H groups in total. The van der Waals surface area contributed by atoms with Crippen molar-refractivity contribution in [2.24, 2.45) is 21.5 Å². The topological polar surface area (TPSA) is 88.8 Å². The second kappa shape index (κ2) is 12.5. The van der Waals surface area contributed by atoms with Crippen LogP contribution in [-0.4, -0.2) is 18.5 Å². The lowest BCUT2D eigenvalue weighted by Crippen LogP contribution is -2.26. The van der Waals surface area contributed by atoms with E-state index < -0.39 is 0 Å². The zero-order valence-electron chi connectivity index (χ0n) is 14.3. The molecule has 0 fully saturated rings. The molecule has 0 spiro atoms. The van der Waals surface area contributed by atoms with Gasteiger partial charge in [-0.3, -0.25) is 4.99 Å². The van der Waals surface area contributed by atoms with Crippen LogP contribution in [0.1, 0.15) is 58.3 Å². The fraction of sp³-hybridized carbons (Fsp3) is 0.556. The minimum absolute atomic E-state index is 0.230. The smallest absolute Gasteiger partial charge is 0.218 e. The van der Waals surface area contributed by atoms with Gasteiger partial charge in [0.25, 0.3) is 0 Å². The Bertz CT molecular complexity index is 468. The summed E-state index contributed by atoms with van der Waals surface area (Å²) in [5.41, 5.74) is 12.4. The molecular formula is C18H31N5. The highest BCUT2D eigenvalue weighted by molar-refractivity contribution is 6.00. The molecule has 0 unspecified atom stereocenters. The molecule has 0 atom stereocenters. The number of hydrogen-bond donors (Lipinski definition) is 3. The Morgan fingerprint density at radius 1 is 0.913 bits per heavy atom. The Hall–Kier alpha value is -2.04. The molecule has 0 heterocycles. The number of hydrogen-bond acceptors (Lipinski definition) is 1. The first kappa shape index (κ1) is 19.0. The van der Waals surface area contributed by atoms with Crippen LogP contribution in [0.2, 0.25) is 0 Å². The van der Waals surface area contributed by atoms with E-state index >= 15 is 0 Å². The van der Waals surface area contributed by atoms with Crippen molar-refractivity contribution in [3.63, 3.8) is 0 Å². The van der Waals surface area contributed by atoms with E-state index in [9.17, 15) is 0 Å². The van der Waals surface area contributed by atoms with Gasteiger partial charge in [0.15, 0.2) is 0 Å². The first-order valence-corrected chi connectivity index (χ1v) is 8.68. The Balaban J connectivity index is 2.15. The summed E-state index contributed by atoms with van der Waals surface area (Å²) in [7, 11) is 0. The monoisotopic (exact) mass is 317 g/mol. The van der Waals surface area contributed by atoms with E-state index in [0.717, 1.165) is 12.1 Å². The summed E-state index contributed by atoms with van der Waals surface area (Å²) >= 11 is 0. The van der Waals surface area contributed by atoms with Gasteiger partial charge in [-0.2, -0.15) is 4.99 Å². The lowest BCUT2D eigenvalue weighted by atomic mass is 10.1. The number of para-hydroxylation sites is 1. The number of aliphatic imine (C=N–C) groups is 2. The second-order valence-electron chi connectivity index (χ2n) is 5.70. The van der Waals surface area contributed by atoms with Gasteiger partial charge in [0.05, 0.1) is 0 Å². The van der Waals surface area contributed by atoms with Crippen LogP contribution in [0.15, 0.2) is 40.3 Å². The molecule has 0 saturated carbocycles. The van der Waals surface area contributed by atoms with Crippen LogP contribution in [0.5, 0.6) is 0 Å². The largest absolute Gasteiger partial charge is 0.369 e. The Morgan fingerprint density at radius 3 is 2.17 bits per heavy atom. The summed E-state index contributed by atoms with van der Waals surface area (Å²) in [6.07, 6.45) is 10.2. The number of rotatable bonds is 10. The molecule has 5 nitrogen and oxygen atoms in total. The quantitative estimate of drug-likeness (QED) is 0.348. The molecule has 0 bridgehead atoms. The molecule has 0 aliphatic carbocycles. The number of nitrogens with one attached hydrogen (secondary N) is 1. The van der Waals surface area contributed by atoms with Crippen LogP contribution in [-0.2, 0) is 0 Å². The van der Waals surface area contributed by atoms with Gasteiger partial charge in [-0.25, -0.2) is 0 Å².